The van der Waals surface area contributed by atoms with Gasteiger partial charge in [0.05, 0.1) is 12.6 Å². The molecule has 108 valence electrons. The Labute approximate surface area is 117 Å². The van der Waals surface area contributed by atoms with Gasteiger partial charge in [-0.2, -0.15) is 0 Å². The van der Waals surface area contributed by atoms with E-state index in [9.17, 15) is 0 Å². The first-order valence-corrected chi connectivity index (χ1v) is 7.44. The standard InChI is InChI=1S/C15H27N3O/c1-3-11-17-15(16-4-2)18-12-8-13-19-14-9-6-5-7-10-14/h1,14H,4-13H2,2H3,(H2,16,17,18). The van der Waals surface area contributed by atoms with Crippen LogP contribution in [-0.2, 0) is 4.74 Å². The summed E-state index contributed by atoms with van der Waals surface area (Å²) in [5.74, 6) is 3.33. The highest BCUT2D eigenvalue weighted by atomic mass is 16.5. The van der Waals surface area contributed by atoms with E-state index in [4.69, 9.17) is 11.2 Å². The summed E-state index contributed by atoms with van der Waals surface area (Å²) in [5, 5.41) is 6.23. The van der Waals surface area contributed by atoms with Crippen LogP contribution in [0.2, 0.25) is 0 Å². The van der Waals surface area contributed by atoms with Crippen LogP contribution in [0, 0.1) is 12.3 Å². The highest BCUT2D eigenvalue weighted by Crippen LogP contribution is 2.20. The maximum Gasteiger partial charge on any atom is 0.192 e. The van der Waals surface area contributed by atoms with Crippen LogP contribution in [0.15, 0.2) is 4.99 Å². The fourth-order valence-electron chi connectivity index (χ4n) is 2.21. The van der Waals surface area contributed by atoms with Crippen molar-refractivity contribution in [2.75, 3.05) is 26.2 Å². The summed E-state index contributed by atoms with van der Waals surface area (Å²) in [6.07, 6.45) is 13.2. The smallest absolute Gasteiger partial charge is 0.192 e. The average Bonchev–Trinajstić information content (AvgIpc) is 2.45. The Morgan fingerprint density at radius 2 is 2.11 bits per heavy atom. The quantitative estimate of drug-likeness (QED) is 0.320. The third-order valence-corrected chi connectivity index (χ3v) is 3.18. The maximum atomic E-state index is 5.86. The van der Waals surface area contributed by atoms with Gasteiger partial charge in [0.15, 0.2) is 5.96 Å². The molecule has 19 heavy (non-hydrogen) atoms. The highest BCUT2D eigenvalue weighted by Gasteiger charge is 2.12. The first-order chi connectivity index (χ1) is 9.36. The summed E-state index contributed by atoms with van der Waals surface area (Å²) in [5.41, 5.74) is 0. The van der Waals surface area contributed by atoms with E-state index >= 15 is 0 Å². The summed E-state index contributed by atoms with van der Waals surface area (Å²) in [4.78, 5) is 4.45. The van der Waals surface area contributed by atoms with Crippen molar-refractivity contribution in [3.63, 3.8) is 0 Å². The summed E-state index contributed by atoms with van der Waals surface area (Å²) >= 11 is 0. The van der Waals surface area contributed by atoms with E-state index in [1.165, 1.54) is 32.1 Å². The molecule has 0 heterocycles. The minimum Gasteiger partial charge on any atom is -0.378 e. The second kappa shape index (κ2) is 10.7. The van der Waals surface area contributed by atoms with Crippen LogP contribution in [0.5, 0.6) is 0 Å². The fourth-order valence-corrected chi connectivity index (χ4v) is 2.21. The van der Waals surface area contributed by atoms with Crippen LogP contribution in [0.4, 0.5) is 0 Å². The molecule has 4 heteroatoms. The van der Waals surface area contributed by atoms with Gasteiger partial charge in [0.25, 0.3) is 0 Å². The number of hydrogen-bond acceptors (Lipinski definition) is 2. The number of hydrogen-bond donors (Lipinski definition) is 2. The SMILES string of the molecule is C#CCNC(=NCCCOC1CCCCC1)NCC. The van der Waals surface area contributed by atoms with Crippen molar-refractivity contribution in [2.45, 2.75) is 51.6 Å². The monoisotopic (exact) mass is 265 g/mol. The second-order valence-electron chi connectivity index (χ2n) is 4.80. The van der Waals surface area contributed by atoms with Crippen molar-refractivity contribution in [3.8, 4) is 12.3 Å². The Morgan fingerprint density at radius 3 is 2.79 bits per heavy atom. The minimum atomic E-state index is 0.491. The average molecular weight is 265 g/mol. The van der Waals surface area contributed by atoms with Crippen LogP contribution < -0.4 is 10.6 Å². The van der Waals surface area contributed by atoms with E-state index in [0.717, 1.165) is 32.1 Å². The van der Waals surface area contributed by atoms with E-state index < -0.39 is 0 Å². The van der Waals surface area contributed by atoms with Gasteiger partial charge in [-0.05, 0) is 26.2 Å². The van der Waals surface area contributed by atoms with Crippen molar-refractivity contribution >= 4 is 5.96 Å². The molecule has 0 saturated heterocycles. The lowest BCUT2D eigenvalue weighted by Gasteiger charge is -2.21. The first kappa shape index (κ1) is 15.8. The number of guanidine groups is 1. The number of rotatable bonds is 7. The van der Waals surface area contributed by atoms with E-state index in [1.54, 1.807) is 0 Å². The molecule has 1 fully saturated rings. The van der Waals surface area contributed by atoms with Crippen molar-refractivity contribution in [1.29, 1.82) is 0 Å². The molecule has 1 rings (SSSR count). The number of nitrogens with zero attached hydrogens (tertiary/aromatic N) is 1. The molecule has 2 N–H and O–H groups in total. The van der Waals surface area contributed by atoms with Crippen molar-refractivity contribution in [3.05, 3.63) is 0 Å². The zero-order valence-corrected chi connectivity index (χ0v) is 12.1. The lowest BCUT2D eigenvalue weighted by Crippen LogP contribution is -2.37. The molecule has 0 aliphatic heterocycles. The van der Waals surface area contributed by atoms with Gasteiger partial charge in [0.1, 0.15) is 0 Å². The summed E-state index contributed by atoms with van der Waals surface area (Å²) in [6.45, 7) is 4.97. The fraction of sp³-hybridized carbons (Fsp3) is 0.800. The van der Waals surface area contributed by atoms with Gasteiger partial charge in [-0.1, -0.05) is 25.2 Å². The molecule has 1 aliphatic rings. The predicted molar refractivity (Wildman–Crippen MR) is 80.3 cm³/mol. The number of nitrogens with one attached hydrogen (secondary N) is 2. The maximum absolute atomic E-state index is 5.86. The van der Waals surface area contributed by atoms with Crippen LogP contribution in [-0.4, -0.2) is 38.3 Å². The summed E-state index contributed by atoms with van der Waals surface area (Å²) in [6, 6.07) is 0. The number of ether oxygens (including phenoxy) is 1. The molecular formula is C15H27N3O. The molecule has 4 nitrogen and oxygen atoms in total. The zero-order chi connectivity index (χ0) is 13.8. The van der Waals surface area contributed by atoms with Gasteiger partial charge in [-0.25, -0.2) is 0 Å². The Kier molecular flexibility index (Phi) is 8.91. The van der Waals surface area contributed by atoms with E-state index in [2.05, 4.69) is 21.5 Å². The van der Waals surface area contributed by atoms with Crippen LogP contribution in [0.3, 0.4) is 0 Å². The molecule has 0 bridgehead atoms. The second-order valence-corrected chi connectivity index (χ2v) is 4.80. The first-order valence-electron chi connectivity index (χ1n) is 7.44. The molecule has 0 unspecified atom stereocenters. The molecule has 0 aromatic carbocycles. The largest absolute Gasteiger partial charge is 0.378 e. The van der Waals surface area contributed by atoms with Gasteiger partial charge in [0, 0.05) is 19.7 Å². The lowest BCUT2D eigenvalue weighted by atomic mass is 9.98. The molecular weight excluding hydrogens is 238 g/mol. The third kappa shape index (κ3) is 7.74. The highest BCUT2D eigenvalue weighted by molar-refractivity contribution is 5.79. The Balaban J connectivity index is 2.10. The van der Waals surface area contributed by atoms with E-state index in [1.807, 2.05) is 6.92 Å². The Hall–Kier alpha value is -1.21. The number of aliphatic imine (C=N–C) groups is 1. The predicted octanol–water partition coefficient (Wildman–Crippen LogP) is 1.91. The van der Waals surface area contributed by atoms with Crippen LogP contribution in [0.1, 0.15) is 45.4 Å². The molecule has 0 spiro atoms. The van der Waals surface area contributed by atoms with Gasteiger partial charge in [0.2, 0.25) is 0 Å². The molecule has 0 aromatic heterocycles. The summed E-state index contributed by atoms with van der Waals surface area (Å²) < 4.78 is 5.86. The van der Waals surface area contributed by atoms with Crippen LogP contribution in [0.25, 0.3) is 0 Å². The van der Waals surface area contributed by atoms with Crippen molar-refractivity contribution in [2.24, 2.45) is 4.99 Å². The molecule has 0 radical (unpaired) electrons. The summed E-state index contributed by atoms with van der Waals surface area (Å²) in [7, 11) is 0. The Bertz CT molecular complexity index is 290. The molecule has 1 saturated carbocycles. The lowest BCUT2D eigenvalue weighted by molar-refractivity contribution is 0.0281. The zero-order valence-electron chi connectivity index (χ0n) is 12.1. The van der Waals surface area contributed by atoms with Crippen molar-refractivity contribution in [1.82, 2.24) is 10.6 Å². The number of terminal acetylenes is 1. The topological polar surface area (TPSA) is 45.7 Å². The van der Waals surface area contributed by atoms with Crippen LogP contribution >= 0.6 is 0 Å². The van der Waals surface area contributed by atoms with Gasteiger partial charge >= 0.3 is 0 Å². The molecule has 0 atom stereocenters. The van der Waals surface area contributed by atoms with E-state index in [0.29, 0.717) is 12.6 Å². The third-order valence-electron chi connectivity index (χ3n) is 3.18. The van der Waals surface area contributed by atoms with Gasteiger partial charge in [-0.15, -0.1) is 6.42 Å². The van der Waals surface area contributed by atoms with Crippen molar-refractivity contribution < 1.29 is 4.74 Å². The molecule has 0 aromatic rings. The van der Waals surface area contributed by atoms with E-state index in [-0.39, 0.29) is 0 Å². The van der Waals surface area contributed by atoms with Gasteiger partial charge in [-0.3, -0.25) is 4.99 Å². The normalized spacial score (nSPS) is 16.9. The van der Waals surface area contributed by atoms with Gasteiger partial charge < -0.3 is 15.4 Å². The Morgan fingerprint density at radius 1 is 1.32 bits per heavy atom. The minimum absolute atomic E-state index is 0.491. The molecule has 0 amide bonds. The molecule has 1 aliphatic carbocycles.